The maximum Gasteiger partial charge on any atom is 0.191 e. The molecular weight excluding hydrogens is 316 g/mol. The van der Waals surface area contributed by atoms with Crippen LogP contribution < -0.4 is 10.6 Å². The van der Waals surface area contributed by atoms with Gasteiger partial charge in [-0.05, 0) is 57.7 Å². The van der Waals surface area contributed by atoms with Crippen molar-refractivity contribution < 1.29 is 9.84 Å². The molecule has 1 heterocycles. The van der Waals surface area contributed by atoms with Crippen LogP contribution in [-0.4, -0.2) is 74.6 Å². The maximum atomic E-state index is 9.95. The number of guanidine groups is 1. The van der Waals surface area contributed by atoms with E-state index in [0.29, 0.717) is 25.7 Å². The number of aliphatic hydroxyl groups excluding tert-OH is 1. The van der Waals surface area contributed by atoms with Crippen LogP contribution in [0.1, 0.15) is 47.0 Å². The van der Waals surface area contributed by atoms with E-state index in [-0.39, 0.29) is 0 Å². The highest BCUT2D eigenvalue weighted by Gasteiger charge is 2.14. The van der Waals surface area contributed by atoms with Gasteiger partial charge in [-0.15, -0.1) is 0 Å². The smallest absolute Gasteiger partial charge is 0.191 e. The van der Waals surface area contributed by atoms with Gasteiger partial charge in [0.2, 0.25) is 0 Å². The number of likely N-dealkylation sites (tertiary alicyclic amines) is 1. The van der Waals surface area contributed by atoms with Crippen molar-refractivity contribution in [3.8, 4) is 0 Å². The lowest BCUT2D eigenvalue weighted by molar-refractivity contribution is 0.0301. The van der Waals surface area contributed by atoms with Crippen LogP contribution in [0.25, 0.3) is 0 Å². The van der Waals surface area contributed by atoms with Crippen molar-refractivity contribution in [2.45, 2.75) is 53.1 Å². The summed E-state index contributed by atoms with van der Waals surface area (Å²) in [6.45, 7) is 15.3. The van der Waals surface area contributed by atoms with Gasteiger partial charge in [-0.1, -0.05) is 20.8 Å². The van der Waals surface area contributed by atoms with E-state index in [1.165, 1.54) is 25.9 Å². The first-order chi connectivity index (χ1) is 12.0. The highest BCUT2D eigenvalue weighted by Crippen LogP contribution is 2.15. The Labute approximate surface area is 154 Å². The second kappa shape index (κ2) is 13.4. The Bertz CT molecular complexity index is 355. The van der Waals surface area contributed by atoms with Gasteiger partial charge in [0.15, 0.2) is 5.96 Å². The summed E-state index contributed by atoms with van der Waals surface area (Å²) in [5.74, 6) is 2.15. The molecule has 1 atom stereocenters. The largest absolute Gasteiger partial charge is 0.389 e. The molecule has 0 aromatic heterocycles. The van der Waals surface area contributed by atoms with Crippen LogP contribution in [0.2, 0.25) is 0 Å². The van der Waals surface area contributed by atoms with E-state index in [2.05, 4.69) is 41.3 Å². The van der Waals surface area contributed by atoms with Crippen molar-refractivity contribution in [2.75, 3.05) is 52.5 Å². The lowest BCUT2D eigenvalue weighted by Gasteiger charge is -2.30. The molecule has 1 unspecified atom stereocenters. The molecule has 0 amide bonds. The third-order valence-corrected chi connectivity index (χ3v) is 4.39. The molecule has 6 nitrogen and oxygen atoms in total. The van der Waals surface area contributed by atoms with E-state index >= 15 is 0 Å². The Morgan fingerprint density at radius 3 is 2.60 bits per heavy atom. The first-order valence-corrected chi connectivity index (χ1v) is 10.0. The Morgan fingerprint density at radius 2 is 1.96 bits per heavy atom. The minimum Gasteiger partial charge on any atom is -0.389 e. The normalized spacial score (nSPS) is 18.6. The zero-order valence-corrected chi connectivity index (χ0v) is 16.8. The summed E-state index contributed by atoms with van der Waals surface area (Å²) in [5, 5.41) is 16.5. The third-order valence-electron chi connectivity index (χ3n) is 4.39. The Hall–Kier alpha value is -0.850. The van der Waals surface area contributed by atoms with Crippen molar-refractivity contribution in [1.82, 2.24) is 15.5 Å². The van der Waals surface area contributed by atoms with Crippen LogP contribution in [0.5, 0.6) is 0 Å². The standard InChI is InChI=1S/C19H40N4O2/c1-5-20-19(22-13-18(24)15-25-14-16(2)3)21-9-6-10-23-11-7-17(4)8-12-23/h16-18,24H,5-15H2,1-4H3,(H2,20,21,22). The fourth-order valence-corrected chi connectivity index (χ4v) is 2.83. The van der Waals surface area contributed by atoms with Crippen molar-refractivity contribution in [1.29, 1.82) is 0 Å². The molecule has 3 N–H and O–H groups in total. The molecule has 0 aliphatic carbocycles. The minimum absolute atomic E-state index is 0.342. The monoisotopic (exact) mass is 356 g/mol. The van der Waals surface area contributed by atoms with Gasteiger partial charge in [-0.25, -0.2) is 0 Å². The highest BCUT2D eigenvalue weighted by molar-refractivity contribution is 5.79. The van der Waals surface area contributed by atoms with E-state index in [1.54, 1.807) is 0 Å². The number of rotatable bonds is 11. The molecule has 1 saturated heterocycles. The lowest BCUT2D eigenvalue weighted by Crippen LogP contribution is -2.40. The van der Waals surface area contributed by atoms with Crippen molar-refractivity contribution in [3.05, 3.63) is 0 Å². The molecule has 1 aliphatic rings. The summed E-state index contributed by atoms with van der Waals surface area (Å²) < 4.78 is 5.46. The van der Waals surface area contributed by atoms with Crippen LogP contribution in [0.15, 0.2) is 4.99 Å². The van der Waals surface area contributed by atoms with E-state index in [9.17, 15) is 5.11 Å². The number of piperidine rings is 1. The molecule has 0 radical (unpaired) electrons. The number of aliphatic imine (C=N–C) groups is 1. The average Bonchev–Trinajstić information content (AvgIpc) is 2.57. The number of nitrogens with zero attached hydrogens (tertiary/aromatic N) is 2. The topological polar surface area (TPSA) is 69.1 Å². The van der Waals surface area contributed by atoms with Gasteiger partial charge in [0.25, 0.3) is 0 Å². The van der Waals surface area contributed by atoms with Crippen molar-refractivity contribution in [3.63, 3.8) is 0 Å². The van der Waals surface area contributed by atoms with Gasteiger partial charge in [0.1, 0.15) is 0 Å². The summed E-state index contributed by atoms with van der Waals surface area (Å²) in [4.78, 5) is 7.01. The Balaban J connectivity index is 2.19. The third kappa shape index (κ3) is 11.4. The lowest BCUT2D eigenvalue weighted by atomic mass is 9.99. The molecule has 0 spiro atoms. The van der Waals surface area contributed by atoms with Crippen LogP contribution in [-0.2, 0) is 4.74 Å². The molecule has 0 saturated carbocycles. The second-order valence-corrected chi connectivity index (χ2v) is 7.61. The van der Waals surface area contributed by atoms with Gasteiger partial charge in [0, 0.05) is 19.7 Å². The Kier molecular flexibility index (Phi) is 11.9. The molecule has 1 aliphatic heterocycles. The first kappa shape index (κ1) is 22.2. The molecule has 0 aromatic rings. The number of hydrogen-bond acceptors (Lipinski definition) is 4. The average molecular weight is 357 g/mol. The molecule has 1 rings (SSSR count). The van der Waals surface area contributed by atoms with E-state index < -0.39 is 6.10 Å². The predicted molar refractivity (Wildman–Crippen MR) is 105 cm³/mol. The number of aliphatic hydroxyl groups is 1. The molecule has 25 heavy (non-hydrogen) atoms. The van der Waals surface area contributed by atoms with Gasteiger partial charge in [-0.3, -0.25) is 4.99 Å². The molecule has 0 aromatic carbocycles. The van der Waals surface area contributed by atoms with E-state index in [0.717, 1.165) is 37.9 Å². The van der Waals surface area contributed by atoms with Gasteiger partial charge in [0.05, 0.1) is 19.3 Å². The summed E-state index contributed by atoms with van der Waals surface area (Å²) in [6, 6.07) is 0. The number of nitrogens with one attached hydrogen (secondary N) is 2. The zero-order valence-electron chi connectivity index (χ0n) is 16.8. The number of ether oxygens (including phenoxy) is 1. The summed E-state index contributed by atoms with van der Waals surface area (Å²) in [7, 11) is 0. The van der Waals surface area contributed by atoms with Gasteiger partial charge >= 0.3 is 0 Å². The summed E-state index contributed by atoms with van der Waals surface area (Å²) >= 11 is 0. The zero-order chi connectivity index (χ0) is 18.5. The summed E-state index contributed by atoms with van der Waals surface area (Å²) in [6.07, 6.45) is 3.21. The Morgan fingerprint density at radius 1 is 1.24 bits per heavy atom. The highest BCUT2D eigenvalue weighted by atomic mass is 16.5. The van der Waals surface area contributed by atoms with Crippen LogP contribution in [0, 0.1) is 11.8 Å². The molecule has 148 valence electrons. The molecule has 1 fully saturated rings. The number of hydrogen-bond donors (Lipinski definition) is 3. The fourth-order valence-electron chi connectivity index (χ4n) is 2.83. The second-order valence-electron chi connectivity index (χ2n) is 7.61. The maximum absolute atomic E-state index is 9.95. The van der Waals surface area contributed by atoms with Crippen molar-refractivity contribution in [2.24, 2.45) is 16.8 Å². The fraction of sp³-hybridized carbons (Fsp3) is 0.947. The summed E-state index contributed by atoms with van der Waals surface area (Å²) in [5.41, 5.74) is 0. The minimum atomic E-state index is -0.551. The van der Waals surface area contributed by atoms with Gasteiger partial charge < -0.3 is 25.4 Å². The molecule has 6 heteroatoms. The molecule has 0 bridgehead atoms. The van der Waals surface area contributed by atoms with E-state index in [1.807, 2.05) is 6.92 Å². The van der Waals surface area contributed by atoms with E-state index in [4.69, 9.17) is 4.74 Å². The predicted octanol–water partition coefficient (Wildman–Crippen LogP) is 1.70. The van der Waals surface area contributed by atoms with Gasteiger partial charge in [-0.2, -0.15) is 0 Å². The SMILES string of the molecule is CCNC(=NCC(O)COCC(C)C)NCCCN1CCC(C)CC1. The van der Waals surface area contributed by atoms with Crippen LogP contribution >= 0.6 is 0 Å². The van der Waals surface area contributed by atoms with Crippen LogP contribution in [0.4, 0.5) is 0 Å². The quantitative estimate of drug-likeness (QED) is 0.299. The van der Waals surface area contributed by atoms with Crippen LogP contribution in [0.3, 0.4) is 0 Å². The molecular formula is C19H40N4O2. The van der Waals surface area contributed by atoms with Crippen molar-refractivity contribution >= 4 is 5.96 Å². The first-order valence-electron chi connectivity index (χ1n) is 10.0.